The zero-order valence-electron chi connectivity index (χ0n) is 10.5. The lowest BCUT2D eigenvalue weighted by atomic mass is 10.0. The fraction of sp³-hybridized carbons (Fsp3) is 0.143. The van der Waals surface area contributed by atoms with Crippen LogP contribution >= 0.6 is 27.5 Å². The molecule has 6 heteroatoms. The highest BCUT2D eigenvalue weighted by molar-refractivity contribution is 9.10. The van der Waals surface area contributed by atoms with E-state index >= 15 is 0 Å². The van der Waals surface area contributed by atoms with Gasteiger partial charge in [-0.15, -0.1) is 11.6 Å². The minimum atomic E-state index is -3.28. The molecule has 2 rings (SSSR count). The second kappa shape index (κ2) is 5.84. The van der Waals surface area contributed by atoms with E-state index in [0.717, 1.165) is 6.26 Å². The topological polar surface area (TPSA) is 34.1 Å². The van der Waals surface area contributed by atoms with Crippen LogP contribution in [-0.4, -0.2) is 14.7 Å². The zero-order valence-corrected chi connectivity index (χ0v) is 13.6. The van der Waals surface area contributed by atoms with Gasteiger partial charge in [-0.2, -0.15) is 0 Å². The maximum atomic E-state index is 13.2. The summed E-state index contributed by atoms with van der Waals surface area (Å²) in [6, 6.07) is 10.9. The van der Waals surface area contributed by atoms with E-state index in [1.165, 1.54) is 18.2 Å². The largest absolute Gasteiger partial charge is 0.224 e. The fourth-order valence-electron chi connectivity index (χ4n) is 1.77. The van der Waals surface area contributed by atoms with Crippen LogP contribution in [0, 0.1) is 5.82 Å². The Morgan fingerprint density at radius 1 is 1.15 bits per heavy atom. The highest BCUT2D eigenvalue weighted by atomic mass is 79.9. The molecular formula is C14H11BrClFO2S. The van der Waals surface area contributed by atoms with E-state index in [-0.39, 0.29) is 10.7 Å². The van der Waals surface area contributed by atoms with E-state index in [0.29, 0.717) is 15.6 Å². The molecule has 2 nitrogen and oxygen atoms in total. The van der Waals surface area contributed by atoms with Crippen LogP contribution in [0.25, 0.3) is 0 Å². The summed E-state index contributed by atoms with van der Waals surface area (Å²) in [5.74, 6) is -0.373. The molecule has 2 aromatic carbocycles. The van der Waals surface area contributed by atoms with Crippen molar-refractivity contribution in [3.05, 3.63) is 63.9 Å². The first kappa shape index (κ1) is 15.5. The van der Waals surface area contributed by atoms with Crippen molar-refractivity contribution in [3.8, 4) is 0 Å². The molecular weight excluding hydrogens is 367 g/mol. The third kappa shape index (κ3) is 3.40. The first-order chi connectivity index (χ1) is 9.29. The van der Waals surface area contributed by atoms with Crippen LogP contribution < -0.4 is 0 Å². The van der Waals surface area contributed by atoms with Crippen molar-refractivity contribution in [1.82, 2.24) is 0 Å². The maximum absolute atomic E-state index is 13.2. The van der Waals surface area contributed by atoms with Gasteiger partial charge < -0.3 is 0 Å². The summed E-state index contributed by atoms with van der Waals surface area (Å²) in [7, 11) is -3.28. The minimum absolute atomic E-state index is 0.210. The van der Waals surface area contributed by atoms with Crippen molar-refractivity contribution in [1.29, 1.82) is 0 Å². The number of benzene rings is 2. The van der Waals surface area contributed by atoms with Crippen LogP contribution in [0.2, 0.25) is 0 Å². The Morgan fingerprint density at radius 3 is 2.40 bits per heavy atom. The molecule has 0 aliphatic rings. The molecule has 0 heterocycles. The Labute approximate surface area is 130 Å². The summed E-state index contributed by atoms with van der Waals surface area (Å²) >= 11 is 9.44. The fourth-order valence-corrected chi connectivity index (χ4v) is 3.11. The smallest absolute Gasteiger partial charge is 0.175 e. The molecule has 0 saturated carbocycles. The van der Waals surface area contributed by atoms with E-state index in [1.807, 2.05) is 0 Å². The quantitative estimate of drug-likeness (QED) is 0.747. The van der Waals surface area contributed by atoms with E-state index in [2.05, 4.69) is 15.9 Å². The molecule has 106 valence electrons. The summed E-state index contributed by atoms with van der Waals surface area (Å²) in [4.78, 5) is 0.210. The van der Waals surface area contributed by atoms with Crippen molar-refractivity contribution >= 4 is 37.4 Å². The molecule has 0 N–H and O–H groups in total. The van der Waals surface area contributed by atoms with Crippen LogP contribution in [0.5, 0.6) is 0 Å². The van der Waals surface area contributed by atoms with Crippen molar-refractivity contribution in [2.45, 2.75) is 10.3 Å². The Kier molecular flexibility index (Phi) is 4.52. The maximum Gasteiger partial charge on any atom is 0.175 e. The van der Waals surface area contributed by atoms with Gasteiger partial charge in [-0.05, 0) is 51.3 Å². The van der Waals surface area contributed by atoms with Crippen molar-refractivity contribution in [3.63, 3.8) is 0 Å². The number of hydrogen-bond donors (Lipinski definition) is 0. The normalized spacial score (nSPS) is 13.2. The van der Waals surface area contributed by atoms with E-state index in [9.17, 15) is 12.8 Å². The molecule has 1 atom stereocenters. The monoisotopic (exact) mass is 376 g/mol. The zero-order chi connectivity index (χ0) is 14.9. The molecule has 0 bridgehead atoms. The molecule has 1 unspecified atom stereocenters. The highest BCUT2D eigenvalue weighted by Gasteiger charge is 2.15. The molecule has 0 saturated heterocycles. The second-order valence-corrected chi connectivity index (χ2v) is 7.69. The average Bonchev–Trinajstić information content (AvgIpc) is 2.40. The summed E-state index contributed by atoms with van der Waals surface area (Å²) in [5.41, 5.74) is 1.33. The SMILES string of the molecule is CS(=O)(=O)c1cccc(C(Cl)c2ccc(F)c(Br)c2)c1. The van der Waals surface area contributed by atoms with Gasteiger partial charge in [0, 0.05) is 6.26 Å². The van der Waals surface area contributed by atoms with Gasteiger partial charge in [0.05, 0.1) is 14.7 Å². The number of hydrogen-bond acceptors (Lipinski definition) is 2. The predicted octanol–water partition coefficient (Wildman–Crippen LogP) is 4.32. The molecule has 0 fully saturated rings. The lowest BCUT2D eigenvalue weighted by Gasteiger charge is -2.12. The highest BCUT2D eigenvalue weighted by Crippen LogP contribution is 2.32. The average molecular weight is 378 g/mol. The minimum Gasteiger partial charge on any atom is -0.224 e. The molecule has 0 aromatic heterocycles. The lowest BCUT2D eigenvalue weighted by Crippen LogP contribution is -2.00. The van der Waals surface area contributed by atoms with Gasteiger partial charge in [-0.25, -0.2) is 12.8 Å². The number of rotatable bonds is 3. The number of alkyl halides is 1. The first-order valence-corrected chi connectivity index (χ1v) is 8.80. The second-order valence-electron chi connectivity index (χ2n) is 4.38. The predicted molar refractivity (Wildman–Crippen MR) is 81.3 cm³/mol. The van der Waals surface area contributed by atoms with Gasteiger partial charge in [0.25, 0.3) is 0 Å². The number of sulfone groups is 1. The Morgan fingerprint density at radius 2 is 1.80 bits per heavy atom. The summed E-state index contributed by atoms with van der Waals surface area (Å²) in [5, 5.41) is -0.548. The van der Waals surface area contributed by atoms with Gasteiger partial charge >= 0.3 is 0 Å². The molecule has 20 heavy (non-hydrogen) atoms. The third-order valence-corrected chi connectivity index (χ3v) is 5.04. The summed E-state index contributed by atoms with van der Waals surface area (Å²) in [6.07, 6.45) is 1.14. The standard InChI is InChI=1S/C14H11BrClFO2S/c1-20(18,19)11-4-2-3-9(7-11)14(16)10-5-6-13(17)12(15)8-10/h2-8,14H,1H3. The van der Waals surface area contributed by atoms with Gasteiger partial charge in [0.2, 0.25) is 0 Å². The Bertz CT molecular complexity index is 747. The van der Waals surface area contributed by atoms with Crippen molar-refractivity contribution in [2.75, 3.05) is 6.26 Å². The van der Waals surface area contributed by atoms with Crippen molar-refractivity contribution in [2.24, 2.45) is 0 Å². The number of halogens is 3. The van der Waals surface area contributed by atoms with Crippen LogP contribution in [0.1, 0.15) is 16.5 Å². The first-order valence-electron chi connectivity index (χ1n) is 5.68. The van der Waals surface area contributed by atoms with Crippen LogP contribution in [0.4, 0.5) is 4.39 Å². The summed E-state index contributed by atoms with van der Waals surface area (Å²) in [6.45, 7) is 0. The van der Waals surface area contributed by atoms with E-state index < -0.39 is 15.2 Å². The molecule has 0 amide bonds. The molecule has 0 aliphatic carbocycles. The Hall–Kier alpha value is -0.910. The van der Waals surface area contributed by atoms with E-state index in [1.54, 1.807) is 24.3 Å². The lowest BCUT2D eigenvalue weighted by molar-refractivity contribution is 0.601. The van der Waals surface area contributed by atoms with Crippen LogP contribution in [0.15, 0.2) is 51.8 Å². The molecule has 0 radical (unpaired) electrons. The van der Waals surface area contributed by atoms with Crippen LogP contribution in [0.3, 0.4) is 0 Å². The molecule has 2 aromatic rings. The van der Waals surface area contributed by atoms with E-state index in [4.69, 9.17) is 11.6 Å². The Balaban J connectivity index is 2.43. The van der Waals surface area contributed by atoms with Gasteiger partial charge in [-0.1, -0.05) is 18.2 Å². The summed E-state index contributed by atoms with van der Waals surface area (Å²) < 4.78 is 36.6. The molecule has 0 aliphatic heterocycles. The van der Waals surface area contributed by atoms with Gasteiger partial charge in [0.1, 0.15) is 5.82 Å². The third-order valence-electron chi connectivity index (χ3n) is 2.82. The molecule has 0 spiro atoms. The van der Waals surface area contributed by atoms with Crippen LogP contribution in [-0.2, 0) is 9.84 Å². The van der Waals surface area contributed by atoms with Gasteiger partial charge in [-0.3, -0.25) is 0 Å². The van der Waals surface area contributed by atoms with Crippen molar-refractivity contribution < 1.29 is 12.8 Å². The van der Waals surface area contributed by atoms with Gasteiger partial charge in [0.15, 0.2) is 9.84 Å².